The maximum atomic E-state index is 10.4. The summed E-state index contributed by atoms with van der Waals surface area (Å²) >= 11 is 5.11. The number of carbonyl (C=O) groups excluding carboxylic acids is 1. The Bertz CT molecular complexity index is 109. The van der Waals surface area contributed by atoms with Gasteiger partial charge in [0.1, 0.15) is 0 Å². The normalized spacial score (nSPS) is 27.9. The summed E-state index contributed by atoms with van der Waals surface area (Å²) in [4.78, 5) is 19.5. The zero-order valence-electron chi connectivity index (χ0n) is 4.80. The van der Waals surface area contributed by atoms with Crippen LogP contribution in [-0.4, -0.2) is 18.0 Å². The van der Waals surface area contributed by atoms with Crippen molar-refractivity contribution in [3.8, 4) is 0 Å². The SMILES string of the molecule is O=C(Cl)C1CCCOO1. The van der Waals surface area contributed by atoms with E-state index in [0.717, 1.165) is 6.42 Å². The molecule has 1 rings (SSSR count). The first-order valence-electron chi connectivity index (χ1n) is 2.78. The topological polar surface area (TPSA) is 35.5 Å². The first-order chi connectivity index (χ1) is 4.30. The third kappa shape index (κ3) is 1.93. The summed E-state index contributed by atoms with van der Waals surface area (Å²) in [6, 6.07) is 0. The molecule has 0 spiro atoms. The first kappa shape index (κ1) is 6.99. The smallest absolute Gasteiger partial charge is 0.253 e. The van der Waals surface area contributed by atoms with E-state index in [0.29, 0.717) is 13.0 Å². The molecular formula is C5H7ClO3. The quantitative estimate of drug-likeness (QED) is 0.411. The second-order valence-electron chi connectivity index (χ2n) is 1.85. The Morgan fingerprint density at radius 3 is 2.78 bits per heavy atom. The van der Waals surface area contributed by atoms with Crippen LogP contribution in [0.4, 0.5) is 0 Å². The summed E-state index contributed by atoms with van der Waals surface area (Å²) in [7, 11) is 0. The van der Waals surface area contributed by atoms with E-state index in [2.05, 4.69) is 9.78 Å². The Labute approximate surface area is 57.8 Å². The summed E-state index contributed by atoms with van der Waals surface area (Å²) in [6.45, 7) is 0.556. The molecule has 1 fully saturated rings. The van der Waals surface area contributed by atoms with Crippen molar-refractivity contribution in [1.29, 1.82) is 0 Å². The van der Waals surface area contributed by atoms with E-state index in [-0.39, 0.29) is 0 Å². The maximum absolute atomic E-state index is 10.4. The van der Waals surface area contributed by atoms with E-state index in [9.17, 15) is 4.79 Å². The van der Waals surface area contributed by atoms with Crippen LogP contribution in [0.1, 0.15) is 12.8 Å². The van der Waals surface area contributed by atoms with E-state index in [1.165, 1.54) is 0 Å². The molecule has 3 nitrogen and oxygen atoms in total. The predicted molar refractivity (Wildman–Crippen MR) is 30.9 cm³/mol. The summed E-state index contributed by atoms with van der Waals surface area (Å²) in [5, 5.41) is -0.477. The minimum atomic E-state index is -0.541. The Morgan fingerprint density at radius 1 is 1.67 bits per heavy atom. The molecule has 1 aliphatic rings. The molecule has 4 heteroatoms. The maximum Gasteiger partial charge on any atom is 0.253 e. The van der Waals surface area contributed by atoms with Crippen molar-refractivity contribution in [3.05, 3.63) is 0 Å². The Hall–Kier alpha value is -0.120. The average Bonchev–Trinajstić information content (AvgIpc) is 1.90. The molecule has 0 aromatic rings. The summed E-state index contributed by atoms with van der Waals surface area (Å²) in [5.41, 5.74) is 0. The van der Waals surface area contributed by atoms with Gasteiger partial charge >= 0.3 is 0 Å². The molecule has 1 saturated heterocycles. The van der Waals surface area contributed by atoms with Crippen LogP contribution in [0.5, 0.6) is 0 Å². The zero-order chi connectivity index (χ0) is 6.69. The lowest BCUT2D eigenvalue weighted by Gasteiger charge is -2.16. The Kier molecular flexibility index (Phi) is 2.45. The van der Waals surface area contributed by atoms with Crippen LogP contribution in [0.15, 0.2) is 0 Å². The van der Waals surface area contributed by atoms with Crippen molar-refractivity contribution in [1.82, 2.24) is 0 Å². The van der Waals surface area contributed by atoms with Crippen LogP contribution in [-0.2, 0) is 14.6 Å². The number of hydrogen-bond donors (Lipinski definition) is 0. The standard InChI is InChI=1S/C5H7ClO3/c6-5(7)4-2-1-3-8-9-4/h4H,1-3H2. The third-order valence-corrected chi connectivity index (χ3v) is 1.37. The minimum Gasteiger partial charge on any atom is -0.278 e. The van der Waals surface area contributed by atoms with E-state index in [1.807, 2.05) is 0 Å². The number of rotatable bonds is 1. The minimum absolute atomic E-state index is 0.477. The van der Waals surface area contributed by atoms with Crippen molar-refractivity contribution >= 4 is 16.8 Å². The molecular weight excluding hydrogens is 144 g/mol. The van der Waals surface area contributed by atoms with Crippen LogP contribution >= 0.6 is 11.6 Å². The molecule has 1 atom stereocenters. The molecule has 0 saturated carbocycles. The van der Waals surface area contributed by atoms with E-state index < -0.39 is 11.3 Å². The van der Waals surface area contributed by atoms with Crippen molar-refractivity contribution in [2.45, 2.75) is 18.9 Å². The lowest BCUT2D eigenvalue weighted by Crippen LogP contribution is -2.25. The van der Waals surface area contributed by atoms with Gasteiger partial charge in [-0.1, -0.05) is 0 Å². The van der Waals surface area contributed by atoms with Gasteiger partial charge < -0.3 is 0 Å². The van der Waals surface area contributed by atoms with Gasteiger partial charge in [-0.3, -0.25) is 4.79 Å². The van der Waals surface area contributed by atoms with Crippen molar-refractivity contribution in [2.24, 2.45) is 0 Å². The second kappa shape index (κ2) is 3.15. The van der Waals surface area contributed by atoms with Crippen molar-refractivity contribution in [2.75, 3.05) is 6.61 Å². The molecule has 1 unspecified atom stereocenters. The number of hydrogen-bond acceptors (Lipinski definition) is 3. The van der Waals surface area contributed by atoms with Gasteiger partial charge in [0.15, 0.2) is 6.10 Å². The van der Waals surface area contributed by atoms with Gasteiger partial charge in [-0.05, 0) is 24.4 Å². The highest BCUT2D eigenvalue weighted by molar-refractivity contribution is 6.64. The highest BCUT2D eigenvalue weighted by Gasteiger charge is 2.20. The molecule has 1 aliphatic heterocycles. The van der Waals surface area contributed by atoms with Gasteiger partial charge in [0.25, 0.3) is 5.24 Å². The van der Waals surface area contributed by atoms with Gasteiger partial charge in [0, 0.05) is 0 Å². The van der Waals surface area contributed by atoms with Gasteiger partial charge in [-0.2, -0.15) is 0 Å². The monoisotopic (exact) mass is 150 g/mol. The second-order valence-corrected chi connectivity index (χ2v) is 2.23. The summed E-state index contributed by atoms with van der Waals surface area (Å²) in [5.74, 6) is 0. The molecule has 0 bridgehead atoms. The van der Waals surface area contributed by atoms with Crippen molar-refractivity contribution in [3.63, 3.8) is 0 Å². The molecule has 0 aliphatic carbocycles. The molecule has 0 aromatic heterocycles. The van der Waals surface area contributed by atoms with E-state index in [4.69, 9.17) is 11.6 Å². The van der Waals surface area contributed by atoms with E-state index in [1.54, 1.807) is 0 Å². The van der Waals surface area contributed by atoms with Crippen molar-refractivity contribution < 1.29 is 14.6 Å². The van der Waals surface area contributed by atoms with Crippen LogP contribution in [0, 0.1) is 0 Å². The molecule has 52 valence electrons. The van der Waals surface area contributed by atoms with Crippen LogP contribution < -0.4 is 0 Å². The zero-order valence-corrected chi connectivity index (χ0v) is 5.56. The van der Waals surface area contributed by atoms with Gasteiger partial charge in [0.2, 0.25) is 0 Å². The molecule has 0 N–H and O–H groups in total. The summed E-state index contributed by atoms with van der Waals surface area (Å²) in [6.07, 6.45) is 0.964. The highest BCUT2D eigenvalue weighted by atomic mass is 35.5. The predicted octanol–water partition coefficient (Wildman–Crippen LogP) is 0.862. The summed E-state index contributed by atoms with van der Waals surface area (Å²) < 4.78 is 0. The molecule has 9 heavy (non-hydrogen) atoms. The Morgan fingerprint density at radius 2 is 2.44 bits per heavy atom. The Balaban J connectivity index is 2.31. The fourth-order valence-electron chi connectivity index (χ4n) is 0.657. The molecule has 0 aromatic carbocycles. The fraction of sp³-hybridized carbons (Fsp3) is 0.800. The molecule has 0 radical (unpaired) electrons. The van der Waals surface area contributed by atoms with E-state index >= 15 is 0 Å². The number of halogens is 1. The van der Waals surface area contributed by atoms with Gasteiger partial charge in [-0.25, -0.2) is 9.78 Å². The number of carbonyl (C=O) groups is 1. The lowest BCUT2D eigenvalue weighted by molar-refractivity contribution is -0.333. The van der Waals surface area contributed by atoms with Crippen LogP contribution in [0.2, 0.25) is 0 Å². The average molecular weight is 151 g/mol. The lowest BCUT2D eigenvalue weighted by atomic mass is 10.2. The van der Waals surface area contributed by atoms with Crippen LogP contribution in [0.25, 0.3) is 0 Å². The molecule has 0 amide bonds. The van der Waals surface area contributed by atoms with Crippen LogP contribution in [0.3, 0.4) is 0 Å². The largest absolute Gasteiger partial charge is 0.278 e. The molecule has 1 heterocycles. The highest BCUT2D eigenvalue weighted by Crippen LogP contribution is 2.11. The van der Waals surface area contributed by atoms with Gasteiger partial charge in [-0.15, -0.1) is 0 Å². The van der Waals surface area contributed by atoms with Gasteiger partial charge in [0.05, 0.1) is 6.61 Å². The fourth-order valence-corrected chi connectivity index (χ4v) is 0.803. The third-order valence-electron chi connectivity index (χ3n) is 1.13. The first-order valence-corrected chi connectivity index (χ1v) is 3.16.